The summed E-state index contributed by atoms with van der Waals surface area (Å²) in [6, 6.07) is 12.9. The van der Waals surface area contributed by atoms with Crippen molar-refractivity contribution in [2.45, 2.75) is 63.7 Å². The minimum absolute atomic E-state index is 0.110. The van der Waals surface area contributed by atoms with E-state index in [0.29, 0.717) is 16.9 Å². The number of carboxylic acid groups (broad SMARTS) is 1. The quantitative estimate of drug-likeness (QED) is 0.164. The first-order chi connectivity index (χ1) is 19.6. The normalized spacial score (nSPS) is 13.0. The van der Waals surface area contributed by atoms with Crippen LogP contribution in [0.15, 0.2) is 48.5 Å². The number of aliphatic carboxylic acids is 1. The molecule has 0 saturated carbocycles. The van der Waals surface area contributed by atoms with Crippen molar-refractivity contribution in [3.63, 3.8) is 0 Å². The van der Waals surface area contributed by atoms with Crippen LogP contribution in [0.3, 0.4) is 0 Å². The van der Waals surface area contributed by atoms with Gasteiger partial charge in [0.15, 0.2) is 6.10 Å². The molecule has 0 saturated heterocycles. The van der Waals surface area contributed by atoms with Gasteiger partial charge in [-0.2, -0.15) is 30.7 Å². The highest BCUT2D eigenvalue weighted by Crippen LogP contribution is 2.48. The maximum atomic E-state index is 13.6. The number of halogens is 7. The summed E-state index contributed by atoms with van der Waals surface area (Å²) in [5, 5.41) is 9.22. The number of hydrogen-bond donors (Lipinski definition) is 1. The predicted octanol–water partition coefficient (Wildman–Crippen LogP) is 6.91. The molecular weight excluding hydrogens is 579 g/mol. The lowest BCUT2D eigenvalue weighted by Gasteiger charge is -2.28. The van der Waals surface area contributed by atoms with E-state index in [0.717, 1.165) is 4.90 Å². The van der Waals surface area contributed by atoms with Gasteiger partial charge in [0.1, 0.15) is 18.1 Å². The SMILES string of the molecule is CCOC(Cc1ccc(OCCN(CCCCC(F)(F)C(F)(F)C(F)(F)F)C(=O)Oc2ccccc2C)cc1)C(=O)O. The van der Waals surface area contributed by atoms with E-state index in [1.807, 2.05) is 0 Å². The Morgan fingerprint density at radius 2 is 1.57 bits per heavy atom. The molecule has 2 aromatic rings. The molecule has 0 aromatic heterocycles. The van der Waals surface area contributed by atoms with Crippen LogP contribution in [-0.2, 0) is 16.0 Å². The smallest absolute Gasteiger partial charge is 0.459 e. The molecule has 0 spiro atoms. The minimum Gasteiger partial charge on any atom is -0.492 e. The summed E-state index contributed by atoms with van der Waals surface area (Å²) in [5.41, 5.74) is 1.28. The summed E-state index contributed by atoms with van der Waals surface area (Å²) in [7, 11) is 0. The molecule has 2 rings (SSSR count). The summed E-state index contributed by atoms with van der Waals surface area (Å²) < 4.78 is 107. The summed E-state index contributed by atoms with van der Waals surface area (Å²) in [6.07, 6.45) is -11.0. The van der Waals surface area contributed by atoms with E-state index in [9.17, 15) is 45.4 Å². The van der Waals surface area contributed by atoms with Gasteiger partial charge in [-0.15, -0.1) is 0 Å². The van der Waals surface area contributed by atoms with Crippen LogP contribution in [0.25, 0.3) is 0 Å². The number of aryl methyl sites for hydroxylation is 1. The fourth-order valence-electron chi connectivity index (χ4n) is 3.77. The number of benzene rings is 2. The third-order valence-corrected chi connectivity index (χ3v) is 6.15. The van der Waals surface area contributed by atoms with Gasteiger partial charge in [-0.3, -0.25) is 0 Å². The summed E-state index contributed by atoms with van der Waals surface area (Å²) >= 11 is 0. The van der Waals surface area contributed by atoms with Crippen molar-refractivity contribution in [3.8, 4) is 11.5 Å². The Hall–Kier alpha value is -3.55. The van der Waals surface area contributed by atoms with E-state index < -0.39 is 49.0 Å². The summed E-state index contributed by atoms with van der Waals surface area (Å²) in [4.78, 5) is 25.2. The second-order valence-corrected chi connectivity index (χ2v) is 9.33. The molecule has 1 N–H and O–H groups in total. The van der Waals surface area contributed by atoms with Crippen LogP contribution >= 0.6 is 0 Å². The van der Waals surface area contributed by atoms with E-state index in [1.165, 1.54) is 6.07 Å². The zero-order chi connectivity index (χ0) is 31.6. The molecule has 0 aliphatic rings. The Labute approximate surface area is 238 Å². The van der Waals surface area contributed by atoms with Gasteiger partial charge in [-0.05, 0) is 56.0 Å². The molecule has 0 aliphatic heterocycles. The average Bonchev–Trinajstić information content (AvgIpc) is 2.91. The third-order valence-electron chi connectivity index (χ3n) is 6.15. The highest BCUT2D eigenvalue weighted by Gasteiger charge is 2.72. The zero-order valence-corrected chi connectivity index (χ0v) is 22.9. The molecule has 1 amide bonds. The molecule has 14 heteroatoms. The fraction of sp³-hybridized carbons (Fsp3) is 0.500. The van der Waals surface area contributed by atoms with Gasteiger partial charge < -0.3 is 24.2 Å². The minimum atomic E-state index is -6.41. The second-order valence-electron chi connectivity index (χ2n) is 9.33. The molecule has 0 fully saturated rings. The largest absolute Gasteiger partial charge is 0.492 e. The van der Waals surface area contributed by atoms with E-state index in [2.05, 4.69) is 0 Å². The lowest BCUT2D eigenvalue weighted by Crippen LogP contribution is -2.51. The highest BCUT2D eigenvalue weighted by molar-refractivity contribution is 5.72. The van der Waals surface area contributed by atoms with Crippen LogP contribution in [0.2, 0.25) is 0 Å². The maximum Gasteiger partial charge on any atom is 0.459 e. The Bertz CT molecular complexity index is 1160. The molecule has 1 unspecified atom stereocenters. The molecular formula is C28H32F7NO6. The number of alkyl halides is 7. The van der Waals surface area contributed by atoms with E-state index in [1.54, 1.807) is 56.3 Å². The number of ether oxygens (including phenoxy) is 3. The number of para-hydroxylation sites is 1. The van der Waals surface area contributed by atoms with Crippen molar-refractivity contribution in [1.82, 2.24) is 4.90 Å². The summed E-state index contributed by atoms with van der Waals surface area (Å²) in [6.45, 7) is 3.05. The third kappa shape index (κ3) is 9.78. The zero-order valence-electron chi connectivity index (χ0n) is 22.9. The maximum absolute atomic E-state index is 13.6. The van der Waals surface area contributed by atoms with Crippen LogP contribution in [0, 0.1) is 6.92 Å². The van der Waals surface area contributed by atoms with Crippen molar-refractivity contribution in [3.05, 3.63) is 59.7 Å². The molecule has 0 bridgehead atoms. The van der Waals surface area contributed by atoms with Gasteiger partial charge in [-0.25, -0.2) is 9.59 Å². The average molecular weight is 612 g/mol. The lowest BCUT2D eigenvalue weighted by molar-refractivity contribution is -0.355. The van der Waals surface area contributed by atoms with Gasteiger partial charge in [0.25, 0.3) is 0 Å². The number of hydrogen-bond acceptors (Lipinski definition) is 5. The number of amides is 1. The molecule has 2 aromatic carbocycles. The Morgan fingerprint density at radius 3 is 2.14 bits per heavy atom. The van der Waals surface area contributed by atoms with Crippen molar-refractivity contribution in [2.75, 3.05) is 26.3 Å². The van der Waals surface area contributed by atoms with Gasteiger partial charge in [-0.1, -0.05) is 30.3 Å². The van der Waals surface area contributed by atoms with Crippen molar-refractivity contribution < 1.29 is 59.6 Å². The van der Waals surface area contributed by atoms with Gasteiger partial charge >= 0.3 is 30.1 Å². The van der Waals surface area contributed by atoms with Crippen LogP contribution < -0.4 is 9.47 Å². The monoisotopic (exact) mass is 611 g/mol. The Kier molecular flexibility index (Phi) is 12.4. The van der Waals surface area contributed by atoms with Gasteiger partial charge in [0.2, 0.25) is 0 Å². The first kappa shape index (κ1) is 34.7. The highest BCUT2D eigenvalue weighted by atomic mass is 19.4. The van der Waals surface area contributed by atoms with Crippen molar-refractivity contribution in [1.29, 1.82) is 0 Å². The van der Waals surface area contributed by atoms with Crippen LogP contribution in [-0.4, -0.2) is 72.5 Å². The standard InChI is InChI=1S/C28H32F7NO6/c1-3-40-23(24(37)38)18-20-10-12-21(13-11-20)41-17-16-36(25(39)42-22-9-5-4-8-19(22)2)15-7-6-14-26(29,30)27(31,32)28(33,34)35/h4-5,8-13,23H,3,6-7,14-18H2,1-2H3,(H,37,38). The molecule has 0 aliphatic carbocycles. The fourth-order valence-corrected chi connectivity index (χ4v) is 3.77. The predicted molar refractivity (Wildman–Crippen MR) is 137 cm³/mol. The van der Waals surface area contributed by atoms with Crippen LogP contribution in [0.5, 0.6) is 11.5 Å². The molecule has 0 heterocycles. The van der Waals surface area contributed by atoms with Gasteiger partial charge in [0.05, 0.1) is 6.54 Å². The van der Waals surface area contributed by atoms with E-state index in [-0.39, 0.29) is 44.9 Å². The molecule has 42 heavy (non-hydrogen) atoms. The van der Waals surface area contributed by atoms with E-state index >= 15 is 0 Å². The topological polar surface area (TPSA) is 85.3 Å². The van der Waals surface area contributed by atoms with Crippen LogP contribution in [0.4, 0.5) is 35.5 Å². The van der Waals surface area contributed by atoms with E-state index in [4.69, 9.17) is 14.2 Å². The number of carbonyl (C=O) groups excluding carboxylic acids is 1. The lowest BCUT2D eigenvalue weighted by atomic mass is 10.0. The first-order valence-electron chi connectivity index (χ1n) is 13.0. The summed E-state index contributed by atoms with van der Waals surface area (Å²) in [5.74, 6) is -12.0. The van der Waals surface area contributed by atoms with Crippen molar-refractivity contribution in [2.24, 2.45) is 0 Å². The Morgan fingerprint density at radius 1 is 0.929 bits per heavy atom. The molecule has 1 atom stereocenters. The van der Waals surface area contributed by atoms with Gasteiger partial charge in [0, 0.05) is 26.0 Å². The second kappa shape index (κ2) is 15.1. The number of carboxylic acids is 1. The molecule has 0 radical (unpaired) electrons. The molecule has 7 nitrogen and oxygen atoms in total. The van der Waals surface area contributed by atoms with Crippen LogP contribution in [0.1, 0.15) is 37.3 Å². The first-order valence-corrected chi connectivity index (χ1v) is 13.0. The molecule has 234 valence electrons. The number of unbranched alkanes of at least 4 members (excludes halogenated alkanes) is 1. The number of rotatable bonds is 16. The Balaban J connectivity index is 2.01. The van der Waals surface area contributed by atoms with Crippen molar-refractivity contribution >= 4 is 12.1 Å². The number of nitrogens with zero attached hydrogens (tertiary/aromatic N) is 1. The number of carbonyl (C=O) groups is 2.